The molecule has 0 amide bonds. The van der Waals surface area contributed by atoms with E-state index in [0.29, 0.717) is 0 Å². The highest BCUT2D eigenvalue weighted by molar-refractivity contribution is 6.07. The molecule has 0 unspecified atom stereocenters. The Balaban J connectivity index is 2.39. The van der Waals surface area contributed by atoms with Crippen molar-refractivity contribution in [1.29, 1.82) is 0 Å². The van der Waals surface area contributed by atoms with Crippen molar-refractivity contribution in [2.24, 2.45) is 0 Å². The molecule has 3 heteroatoms. The molecule has 3 aromatic rings. The van der Waals surface area contributed by atoms with Gasteiger partial charge in [-0.15, -0.1) is 0 Å². The fraction of sp³-hybridized carbons (Fsp3) is 0.118. The summed E-state index contributed by atoms with van der Waals surface area (Å²) in [6, 6.07) is 13.7. The minimum Gasteiger partial charge on any atom is -0.477 e. The summed E-state index contributed by atoms with van der Waals surface area (Å²) in [6.45, 7) is 4.04. The number of hydrogen-bond acceptors (Lipinski definition) is 1. The molecule has 0 saturated heterocycles. The van der Waals surface area contributed by atoms with Crippen molar-refractivity contribution < 1.29 is 9.90 Å². The Hall–Kier alpha value is -2.55. The molecule has 0 bridgehead atoms. The zero-order valence-corrected chi connectivity index (χ0v) is 11.4. The normalized spacial score (nSPS) is 10.9. The lowest BCUT2D eigenvalue weighted by atomic mass is 9.96. The van der Waals surface area contributed by atoms with Gasteiger partial charge in [-0.25, -0.2) is 4.79 Å². The second kappa shape index (κ2) is 4.53. The van der Waals surface area contributed by atoms with Gasteiger partial charge in [-0.05, 0) is 31.0 Å². The first-order valence-electron chi connectivity index (χ1n) is 6.49. The van der Waals surface area contributed by atoms with Crippen LogP contribution in [-0.4, -0.2) is 16.1 Å². The number of nitrogens with one attached hydrogen (secondary N) is 1. The number of hydrogen-bond donors (Lipinski definition) is 2. The van der Waals surface area contributed by atoms with Gasteiger partial charge in [0.1, 0.15) is 5.69 Å². The second-order valence-corrected chi connectivity index (χ2v) is 5.04. The van der Waals surface area contributed by atoms with Crippen LogP contribution in [0.1, 0.15) is 21.6 Å². The largest absolute Gasteiger partial charge is 0.477 e. The number of carbonyl (C=O) groups is 1. The number of aromatic nitrogens is 1. The molecule has 2 aromatic carbocycles. The highest BCUT2D eigenvalue weighted by Gasteiger charge is 2.19. The van der Waals surface area contributed by atoms with Crippen molar-refractivity contribution in [1.82, 2.24) is 4.98 Å². The van der Waals surface area contributed by atoms with Crippen LogP contribution in [-0.2, 0) is 0 Å². The molecule has 0 radical (unpaired) electrons. The molecule has 1 aromatic heterocycles. The number of fused-ring (bicyclic) bond motifs is 1. The molecule has 0 spiro atoms. The Bertz CT molecular complexity index is 815. The fourth-order valence-corrected chi connectivity index (χ4v) is 2.68. The first-order valence-corrected chi connectivity index (χ1v) is 6.49. The Labute approximate surface area is 116 Å². The summed E-state index contributed by atoms with van der Waals surface area (Å²) in [5.41, 5.74) is 5.08. The lowest BCUT2D eigenvalue weighted by Gasteiger charge is -2.07. The maximum absolute atomic E-state index is 11.5. The average molecular weight is 265 g/mol. The maximum atomic E-state index is 11.5. The van der Waals surface area contributed by atoms with Crippen LogP contribution in [0.5, 0.6) is 0 Å². The van der Waals surface area contributed by atoms with Gasteiger partial charge in [0, 0.05) is 16.5 Å². The highest BCUT2D eigenvalue weighted by atomic mass is 16.4. The van der Waals surface area contributed by atoms with Gasteiger partial charge in [0.25, 0.3) is 0 Å². The molecule has 3 nitrogen and oxygen atoms in total. The van der Waals surface area contributed by atoms with Gasteiger partial charge in [0.05, 0.1) is 0 Å². The molecule has 2 N–H and O–H groups in total. The number of aryl methyl sites for hydroxylation is 2. The number of benzene rings is 2. The SMILES string of the molecule is Cc1ccc(-c2c(C(=O)O)[nH]c3ccccc23)c(C)c1. The molecule has 3 rings (SSSR count). The molecule has 0 aliphatic rings. The summed E-state index contributed by atoms with van der Waals surface area (Å²) >= 11 is 0. The fourth-order valence-electron chi connectivity index (χ4n) is 2.68. The molecule has 0 aliphatic heterocycles. The summed E-state index contributed by atoms with van der Waals surface area (Å²) in [4.78, 5) is 14.5. The van der Waals surface area contributed by atoms with Crippen molar-refractivity contribution in [3.05, 3.63) is 59.3 Å². The van der Waals surface area contributed by atoms with Gasteiger partial charge < -0.3 is 10.1 Å². The zero-order chi connectivity index (χ0) is 14.3. The Kier molecular flexibility index (Phi) is 2.83. The smallest absolute Gasteiger partial charge is 0.352 e. The predicted molar refractivity (Wildman–Crippen MR) is 80.2 cm³/mol. The van der Waals surface area contributed by atoms with E-state index < -0.39 is 5.97 Å². The molecule has 0 atom stereocenters. The third-order valence-corrected chi connectivity index (χ3v) is 3.57. The van der Waals surface area contributed by atoms with E-state index in [1.807, 2.05) is 50.2 Å². The number of carboxylic acids is 1. The van der Waals surface area contributed by atoms with Crippen LogP contribution in [0.25, 0.3) is 22.0 Å². The predicted octanol–water partition coefficient (Wildman–Crippen LogP) is 4.15. The topological polar surface area (TPSA) is 53.1 Å². The Morgan fingerprint density at radius 3 is 2.55 bits per heavy atom. The molecule has 20 heavy (non-hydrogen) atoms. The third-order valence-electron chi connectivity index (χ3n) is 3.57. The van der Waals surface area contributed by atoms with E-state index in [-0.39, 0.29) is 5.69 Å². The van der Waals surface area contributed by atoms with E-state index in [9.17, 15) is 9.90 Å². The molecule has 0 aliphatic carbocycles. The van der Waals surface area contributed by atoms with Crippen LogP contribution >= 0.6 is 0 Å². The van der Waals surface area contributed by atoms with Crippen LogP contribution in [0.2, 0.25) is 0 Å². The summed E-state index contributed by atoms with van der Waals surface area (Å²) < 4.78 is 0. The second-order valence-electron chi connectivity index (χ2n) is 5.04. The van der Waals surface area contributed by atoms with Crippen molar-refractivity contribution >= 4 is 16.9 Å². The monoisotopic (exact) mass is 265 g/mol. The molecular formula is C17H15NO2. The first kappa shape index (κ1) is 12.5. The Morgan fingerprint density at radius 1 is 1.10 bits per heavy atom. The van der Waals surface area contributed by atoms with Crippen molar-refractivity contribution in [3.63, 3.8) is 0 Å². The van der Waals surface area contributed by atoms with Gasteiger partial charge in [-0.2, -0.15) is 0 Å². The first-order chi connectivity index (χ1) is 9.58. The number of aromatic amines is 1. The van der Waals surface area contributed by atoms with E-state index in [4.69, 9.17) is 0 Å². The maximum Gasteiger partial charge on any atom is 0.352 e. The molecule has 1 heterocycles. The van der Waals surface area contributed by atoms with Crippen LogP contribution in [0.4, 0.5) is 0 Å². The summed E-state index contributed by atoms with van der Waals surface area (Å²) in [5.74, 6) is -0.934. The number of rotatable bonds is 2. The van der Waals surface area contributed by atoms with Crippen molar-refractivity contribution in [2.45, 2.75) is 13.8 Å². The lowest BCUT2D eigenvalue weighted by molar-refractivity contribution is 0.0692. The molecular weight excluding hydrogens is 250 g/mol. The summed E-state index contributed by atoms with van der Waals surface area (Å²) in [5, 5.41) is 10.4. The molecule has 100 valence electrons. The van der Waals surface area contributed by atoms with E-state index in [0.717, 1.165) is 27.6 Å². The number of carboxylic acid groups (broad SMARTS) is 1. The van der Waals surface area contributed by atoms with E-state index in [1.165, 1.54) is 5.56 Å². The number of H-pyrrole nitrogens is 1. The molecule has 0 saturated carbocycles. The van der Waals surface area contributed by atoms with Crippen molar-refractivity contribution in [3.8, 4) is 11.1 Å². The Morgan fingerprint density at radius 2 is 1.85 bits per heavy atom. The summed E-state index contributed by atoms with van der Waals surface area (Å²) in [7, 11) is 0. The average Bonchev–Trinajstić information content (AvgIpc) is 2.78. The van der Waals surface area contributed by atoms with Crippen LogP contribution < -0.4 is 0 Å². The minimum absolute atomic E-state index is 0.248. The van der Waals surface area contributed by atoms with Gasteiger partial charge in [0.15, 0.2) is 0 Å². The number of aromatic carboxylic acids is 1. The zero-order valence-electron chi connectivity index (χ0n) is 11.4. The number of para-hydroxylation sites is 1. The molecule has 0 fully saturated rings. The van der Waals surface area contributed by atoms with Gasteiger partial charge in [0.2, 0.25) is 0 Å². The third kappa shape index (κ3) is 1.88. The van der Waals surface area contributed by atoms with Gasteiger partial charge in [-0.1, -0.05) is 42.0 Å². The lowest BCUT2D eigenvalue weighted by Crippen LogP contribution is -1.99. The van der Waals surface area contributed by atoms with Crippen LogP contribution in [0, 0.1) is 13.8 Å². The van der Waals surface area contributed by atoms with Crippen LogP contribution in [0.15, 0.2) is 42.5 Å². The quantitative estimate of drug-likeness (QED) is 0.731. The van der Waals surface area contributed by atoms with E-state index in [2.05, 4.69) is 11.1 Å². The van der Waals surface area contributed by atoms with Gasteiger partial charge >= 0.3 is 5.97 Å². The van der Waals surface area contributed by atoms with Gasteiger partial charge in [-0.3, -0.25) is 0 Å². The minimum atomic E-state index is -0.934. The standard InChI is InChI=1S/C17H15NO2/c1-10-7-8-12(11(2)9-10)15-13-5-3-4-6-14(13)18-16(15)17(19)20/h3-9,18H,1-2H3,(H,19,20). The van der Waals surface area contributed by atoms with E-state index in [1.54, 1.807) is 0 Å². The highest BCUT2D eigenvalue weighted by Crippen LogP contribution is 2.34. The van der Waals surface area contributed by atoms with Crippen LogP contribution in [0.3, 0.4) is 0 Å². The van der Waals surface area contributed by atoms with Crippen molar-refractivity contribution in [2.75, 3.05) is 0 Å². The van der Waals surface area contributed by atoms with E-state index >= 15 is 0 Å². The summed E-state index contributed by atoms with van der Waals surface area (Å²) in [6.07, 6.45) is 0.